The average Bonchev–Trinajstić information content (AvgIpc) is 3.20. The SMILES string of the molecule is CCCCCCCCCCCCCCCc1cc2ccccc2c(CCCCCCCCCCCCCCC)c1CCCCCCCCCCCCCCC.[Na]. The Kier molecular flexibility index (Phi) is 39.7. The van der Waals surface area contributed by atoms with Crippen molar-refractivity contribution in [3.63, 3.8) is 0 Å². The zero-order valence-electron chi connectivity index (χ0n) is 39.1. The Morgan fingerprint density at radius 3 is 0.893 bits per heavy atom. The van der Waals surface area contributed by atoms with Crippen molar-refractivity contribution >= 4 is 40.3 Å². The molecule has 56 heavy (non-hydrogen) atoms. The summed E-state index contributed by atoms with van der Waals surface area (Å²) in [6.45, 7) is 6.96. The number of unbranched alkanes of at least 4 members (excludes halogenated alkanes) is 36. The fourth-order valence-corrected chi connectivity index (χ4v) is 9.32. The molecule has 0 aliphatic carbocycles. The van der Waals surface area contributed by atoms with E-state index in [0.717, 1.165) is 0 Å². The molecule has 0 aliphatic heterocycles. The Morgan fingerprint density at radius 1 is 0.286 bits per heavy atom. The fraction of sp³-hybridized carbons (Fsp3) is 0.818. The Hall–Kier alpha value is -0.300. The normalized spacial score (nSPS) is 11.5. The summed E-state index contributed by atoms with van der Waals surface area (Å²) in [7, 11) is 0. The predicted molar refractivity (Wildman–Crippen MR) is 258 cm³/mol. The molecule has 0 heterocycles. The first kappa shape index (κ1) is 53.7. The molecule has 0 spiro atoms. The van der Waals surface area contributed by atoms with Crippen LogP contribution in [0.3, 0.4) is 0 Å². The van der Waals surface area contributed by atoms with Crippen LogP contribution >= 0.6 is 0 Å². The molecule has 0 saturated carbocycles. The minimum atomic E-state index is 0. The van der Waals surface area contributed by atoms with Crippen LogP contribution in [0.25, 0.3) is 10.8 Å². The number of aryl methyl sites for hydroxylation is 2. The largest absolute Gasteiger partial charge is 0.0654 e. The third-order valence-corrected chi connectivity index (χ3v) is 13.0. The van der Waals surface area contributed by atoms with Crippen LogP contribution in [0.4, 0.5) is 0 Å². The third-order valence-electron chi connectivity index (χ3n) is 13.0. The predicted octanol–water partition coefficient (Wildman–Crippen LogP) is 19.4. The fourth-order valence-electron chi connectivity index (χ4n) is 9.32. The maximum atomic E-state index is 2.63. The molecule has 1 heteroatoms. The van der Waals surface area contributed by atoms with Gasteiger partial charge < -0.3 is 0 Å². The quantitative estimate of drug-likeness (QED) is 0.0465. The van der Waals surface area contributed by atoms with E-state index in [0.29, 0.717) is 0 Å². The smallest absolute Gasteiger partial charge is 0 e. The van der Waals surface area contributed by atoms with Gasteiger partial charge in [0.05, 0.1) is 0 Å². The molecular formula is C55H98Na. The summed E-state index contributed by atoms with van der Waals surface area (Å²) in [5.74, 6) is 0. The van der Waals surface area contributed by atoms with E-state index in [1.54, 1.807) is 22.1 Å². The van der Waals surface area contributed by atoms with Crippen LogP contribution in [-0.2, 0) is 19.3 Å². The third kappa shape index (κ3) is 29.0. The number of hydrogen-bond acceptors (Lipinski definition) is 0. The molecule has 2 rings (SSSR count). The Balaban J connectivity index is 0.0000157. The van der Waals surface area contributed by atoms with Gasteiger partial charge in [0.2, 0.25) is 0 Å². The van der Waals surface area contributed by atoms with Gasteiger partial charge in [-0.1, -0.05) is 282 Å². The van der Waals surface area contributed by atoms with E-state index in [1.165, 1.54) is 275 Å². The van der Waals surface area contributed by atoms with Crippen molar-refractivity contribution < 1.29 is 0 Å². The van der Waals surface area contributed by atoms with Gasteiger partial charge in [0.1, 0.15) is 0 Å². The minimum absolute atomic E-state index is 0. The Morgan fingerprint density at radius 2 is 0.554 bits per heavy atom. The number of hydrogen-bond donors (Lipinski definition) is 0. The molecule has 2 aromatic carbocycles. The van der Waals surface area contributed by atoms with Crippen molar-refractivity contribution in [2.24, 2.45) is 0 Å². The second-order valence-electron chi connectivity index (χ2n) is 18.2. The van der Waals surface area contributed by atoms with E-state index >= 15 is 0 Å². The monoisotopic (exact) mass is 782 g/mol. The summed E-state index contributed by atoms with van der Waals surface area (Å²) in [6.07, 6.45) is 60.0. The summed E-state index contributed by atoms with van der Waals surface area (Å²) < 4.78 is 0. The topological polar surface area (TPSA) is 0 Å². The van der Waals surface area contributed by atoms with Gasteiger partial charge in [-0.05, 0) is 66.0 Å². The number of benzene rings is 2. The number of fused-ring (bicyclic) bond motifs is 1. The van der Waals surface area contributed by atoms with Crippen molar-refractivity contribution in [2.75, 3.05) is 0 Å². The van der Waals surface area contributed by atoms with E-state index in [2.05, 4.69) is 51.1 Å². The molecule has 0 atom stereocenters. The summed E-state index contributed by atoms with van der Waals surface area (Å²) in [6, 6.07) is 12.1. The molecule has 2 aromatic rings. The molecule has 0 fully saturated rings. The van der Waals surface area contributed by atoms with Gasteiger partial charge in [0, 0.05) is 29.6 Å². The van der Waals surface area contributed by atoms with Crippen molar-refractivity contribution in [1.82, 2.24) is 0 Å². The van der Waals surface area contributed by atoms with E-state index in [9.17, 15) is 0 Å². The molecule has 0 nitrogen and oxygen atoms in total. The van der Waals surface area contributed by atoms with Gasteiger partial charge in [0.15, 0.2) is 0 Å². The molecule has 0 N–H and O–H groups in total. The van der Waals surface area contributed by atoms with Crippen LogP contribution in [0, 0.1) is 0 Å². The Bertz CT molecular complexity index is 1090. The van der Waals surface area contributed by atoms with Gasteiger partial charge in [-0.3, -0.25) is 0 Å². The molecule has 0 saturated heterocycles. The average molecular weight is 782 g/mol. The molecule has 0 unspecified atom stereocenters. The first-order chi connectivity index (χ1) is 27.3. The van der Waals surface area contributed by atoms with Crippen molar-refractivity contribution in [1.29, 1.82) is 0 Å². The van der Waals surface area contributed by atoms with Crippen LogP contribution in [0.1, 0.15) is 288 Å². The summed E-state index contributed by atoms with van der Waals surface area (Å²) in [5.41, 5.74) is 5.23. The molecular weight excluding hydrogens is 684 g/mol. The maximum absolute atomic E-state index is 2.63. The van der Waals surface area contributed by atoms with Crippen molar-refractivity contribution in [2.45, 2.75) is 290 Å². The van der Waals surface area contributed by atoms with Gasteiger partial charge in [0.25, 0.3) is 0 Å². The zero-order chi connectivity index (χ0) is 39.1. The maximum Gasteiger partial charge on any atom is 0 e. The van der Waals surface area contributed by atoms with E-state index < -0.39 is 0 Å². The van der Waals surface area contributed by atoms with E-state index in [1.807, 2.05) is 0 Å². The molecule has 0 amide bonds. The summed E-state index contributed by atoms with van der Waals surface area (Å²) in [4.78, 5) is 0. The van der Waals surface area contributed by atoms with Crippen LogP contribution in [0.2, 0.25) is 0 Å². The van der Waals surface area contributed by atoms with Gasteiger partial charge in [-0.25, -0.2) is 0 Å². The standard InChI is InChI=1S/C55H98.Na/c1-4-7-10-13-16-19-22-25-28-31-34-37-40-45-51-50-52-46-43-44-48-54(52)55(49-42-39-36-33-30-27-24-21-18-15-12-9-6-3)53(51)47-41-38-35-32-29-26-23-20-17-14-11-8-5-2;/h43-44,46,48,50H,4-42,45,47,49H2,1-3H3;. The first-order valence-corrected chi connectivity index (χ1v) is 25.8. The van der Waals surface area contributed by atoms with Crippen LogP contribution in [0.15, 0.2) is 30.3 Å². The number of rotatable bonds is 42. The van der Waals surface area contributed by atoms with E-state index in [4.69, 9.17) is 0 Å². The Labute approximate surface area is 375 Å². The van der Waals surface area contributed by atoms with Crippen molar-refractivity contribution in [3.05, 3.63) is 47.0 Å². The zero-order valence-corrected chi connectivity index (χ0v) is 41.1. The van der Waals surface area contributed by atoms with Gasteiger partial charge in [-0.2, -0.15) is 0 Å². The van der Waals surface area contributed by atoms with Crippen LogP contribution < -0.4 is 0 Å². The second-order valence-corrected chi connectivity index (χ2v) is 18.2. The van der Waals surface area contributed by atoms with Crippen LogP contribution in [0.5, 0.6) is 0 Å². The van der Waals surface area contributed by atoms with Crippen molar-refractivity contribution in [3.8, 4) is 0 Å². The van der Waals surface area contributed by atoms with Gasteiger partial charge >= 0.3 is 0 Å². The van der Waals surface area contributed by atoms with Gasteiger partial charge in [-0.15, -0.1) is 0 Å². The molecule has 0 aromatic heterocycles. The van der Waals surface area contributed by atoms with E-state index in [-0.39, 0.29) is 29.6 Å². The second kappa shape index (κ2) is 41.4. The molecule has 0 aliphatic rings. The summed E-state index contributed by atoms with van der Waals surface area (Å²) >= 11 is 0. The minimum Gasteiger partial charge on any atom is -0.0654 e. The summed E-state index contributed by atoms with van der Waals surface area (Å²) in [5, 5.41) is 3.08. The molecule has 0 bridgehead atoms. The van der Waals surface area contributed by atoms with Crippen LogP contribution in [-0.4, -0.2) is 29.6 Å². The molecule has 319 valence electrons. The molecule has 1 radical (unpaired) electrons. The first-order valence-electron chi connectivity index (χ1n) is 25.8.